The van der Waals surface area contributed by atoms with E-state index in [9.17, 15) is 14.2 Å². The third-order valence-corrected chi connectivity index (χ3v) is 6.14. The minimum Gasteiger partial charge on any atom is -0.445 e. The maximum Gasteiger partial charge on any atom is 0.407 e. The molecule has 1 heterocycles. The standard InChI is InChI=1S/C22H24N3O4PS/c1-30(2,28)14-24-22(27)29-13-15-5-7-16(8-6-15)21(26)25-19-12-17(9-10-18(19)23)20-4-3-11-31-20/h3-12H,13-14,23H2,1-2H3,(H,24,27)(H,25,26). The number of hydrogen-bond donors (Lipinski definition) is 3. The second-order valence-electron chi connectivity index (χ2n) is 7.42. The van der Waals surface area contributed by atoms with Gasteiger partial charge in [-0.05, 0) is 60.2 Å². The monoisotopic (exact) mass is 457 g/mol. The Hall–Kier alpha value is -3.09. The summed E-state index contributed by atoms with van der Waals surface area (Å²) < 4.78 is 16.7. The molecular formula is C22H24N3O4PS. The van der Waals surface area contributed by atoms with Crippen LogP contribution in [0.1, 0.15) is 15.9 Å². The first kappa shape index (κ1) is 22.6. The van der Waals surface area contributed by atoms with Crippen LogP contribution in [0.3, 0.4) is 0 Å². The Morgan fingerprint density at radius 3 is 2.48 bits per heavy atom. The van der Waals surface area contributed by atoms with Crippen LogP contribution >= 0.6 is 18.5 Å². The topological polar surface area (TPSA) is 111 Å². The van der Waals surface area contributed by atoms with Gasteiger partial charge in [0.05, 0.1) is 17.7 Å². The van der Waals surface area contributed by atoms with E-state index in [4.69, 9.17) is 10.5 Å². The number of benzene rings is 2. The van der Waals surface area contributed by atoms with E-state index in [2.05, 4.69) is 10.6 Å². The van der Waals surface area contributed by atoms with Crippen molar-refractivity contribution in [2.45, 2.75) is 6.61 Å². The summed E-state index contributed by atoms with van der Waals surface area (Å²) in [5, 5.41) is 7.31. The van der Waals surface area contributed by atoms with Gasteiger partial charge in [0.25, 0.3) is 5.91 Å². The van der Waals surface area contributed by atoms with E-state index >= 15 is 0 Å². The van der Waals surface area contributed by atoms with Gasteiger partial charge in [0.1, 0.15) is 13.7 Å². The third-order valence-electron chi connectivity index (χ3n) is 4.30. The van der Waals surface area contributed by atoms with Crippen molar-refractivity contribution < 1.29 is 18.9 Å². The molecule has 0 unspecified atom stereocenters. The van der Waals surface area contributed by atoms with E-state index in [1.54, 1.807) is 55.0 Å². The summed E-state index contributed by atoms with van der Waals surface area (Å²) in [7, 11) is -2.35. The molecule has 4 N–H and O–H groups in total. The van der Waals surface area contributed by atoms with Crippen molar-refractivity contribution in [1.82, 2.24) is 5.32 Å². The number of alkyl carbamates (subject to hydrolysis) is 1. The van der Waals surface area contributed by atoms with E-state index in [0.29, 0.717) is 16.9 Å². The molecule has 0 bridgehead atoms. The summed E-state index contributed by atoms with van der Waals surface area (Å²) in [6.07, 6.45) is -0.547. The van der Waals surface area contributed by atoms with Crippen LogP contribution in [0.2, 0.25) is 0 Å². The molecule has 162 valence electrons. The molecule has 0 atom stereocenters. The van der Waals surface area contributed by atoms with Gasteiger partial charge in [-0.1, -0.05) is 24.3 Å². The first-order valence-corrected chi connectivity index (χ1v) is 13.2. The van der Waals surface area contributed by atoms with Gasteiger partial charge in [-0.2, -0.15) is 0 Å². The van der Waals surface area contributed by atoms with Crippen molar-refractivity contribution in [1.29, 1.82) is 0 Å². The number of thiophene rings is 1. The molecule has 31 heavy (non-hydrogen) atoms. The highest BCUT2D eigenvalue weighted by atomic mass is 32.1. The summed E-state index contributed by atoms with van der Waals surface area (Å²) in [6.45, 7) is 3.22. The first-order chi connectivity index (χ1) is 14.7. The van der Waals surface area contributed by atoms with Crippen molar-refractivity contribution in [2.24, 2.45) is 0 Å². The predicted molar refractivity (Wildman–Crippen MR) is 126 cm³/mol. The quantitative estimate of drug-likeness (QED) is 0.339. The number of carbonyl (C=O) groups is 2. The van der Waals surface area contributed by atoms with Crippen LogP contribution in [-0.4, -0.2) is 31.6 Å². The number of nitrogens with one attached hydrogen (secondary N) is 2. The fourth-order valence-corrected chi connectivity index (χ4v) is 3.90. The zero-order valence-corrected chi connectivity index (χ0v) is 19.0. The maximum absolute atomic E-state index is 12.6. The van der Waals surface area contributed by atoms with Crippen LogP contribution in [0.15, 0.2) is 60.0 Å². The normalized spacial score (nSPS) is 11.0. The number of ether oxygens (including phenoxy) is 1. The fourth-order valence-electron chi connectivity index (χ4n) is 2.66. The van der Waals surface area contributed by atoms with Gasteiger partial charge in [-0.3, -0.25) is 4.79 Å². The Bertz CT molecular complexity index is 1110. The van der Waals surface area contributed by atoms with Crippen LogP contribution in [-0.2, 0) is 15.9 Å². The number of rotatable bonds is 7. The Kier molecular flexibility index (Phi) is 7.15. The lowest BCUT2D eigenvalue weighted by Gasteiger charge is -2.11. The van der Waals surface area contributed by atoms with E-state index in [-0.39, 0.29) is 18.8 Å². The molecule has 3 aromatic rings. The molecule has 0 fully saturated rings. The van der Waals surface area contributed by atoms with Crippen molar-refractivity contribution >= 4 is 41.9 Å². The van der Waals surface area contributed by atoms with Crippen molar-refractivity contribution in [2.75, 3.05) is 30.7 Å². The number of amides is 2. The molecule has 0 saturated carbocycles. The zero-order chi connectivity index (χ0) is 22.4. The smallest absolute Gasteiger partial charge is 0.407 e. The molecule has 0 aliphatic carbocycles. The predicted octanol–water partition coefficient (Wildman–Crippen LogP) is 5.06. The summed E-state index contributed by atoms with van der Waals surface area (Å²) in [6, 6.07) is 16.2. The second kappa shape index (κ2) is 9.81. The lowest BCUT2D eigenvalue weighted by Crippen LogP contribution is -2.25. The SMILES string of the molecule is CP(C)(=O)CNC(=O)OCc1ccc(C(=O)Nc2cc(-c3cccs3)ccc2N)cc1. The van der Waals surface area contributed by atoms with E-state index in [0.717, 1.165) is 16.0 Å². The minimum absolute atomic E-state index is 0.0429. The van der Waals surface area contributed by atoms with E-state index in [1.807, 2.05) is 29.6 Å². The largest absolute Gasteiger partial charge is 0.445 e. The minimum atomic E-state index is -2.35. The zero-order valence-electron chi connectivity index (χ0n) is 17.3. The average Bonchev–Trinajstić information content (AvgIpc) is 3.27. The van der Waals surface area contributed by atoms with Gasteiger partial charge in [0.2, 0.25) is 0 Å². The van der Waals surface area contributed by atoms with Gasteiger partial charge < -0.3 is 25.7 Å². The molecule has 0 spiro atoms. The van der Waals surface area contributed by atoms with Crippen molar-refractivity contribution in [3.63, 3.8) is 0 Å². The average molecular weight is 457 g/mol. The second-order valence-corrected chi connectivity index (χ2v) is 11.8. The summed E-state index contributed by atoms with van der Waals surface area (Å²) in [5.74, 6) is -0.290. The fraction of sp³-hybridized carbons (Fsp3) is 0.182. The molecule has 0 aliphatic rings. The molecule has 0 radical (unpaired) electrons. The van der Waals surface area contributed by atoms with E-state index < -0.39 is 13.2 Å². The molecule has 2 amide bonds. The number of carbonyl (C=O) groups excluding carboxylic acids is 2. The molecule has 0 aliphatic heterocycles. The number of anilines is 2. The highest BCUT2D eigenvalue weighted by Crippen LogP contribution is 2.33. The van der Waals surface area contributed by atoms with Gasteiger partial charge in [0.15, 0.2) is 0 Å². The molecule has 1 aromatic heterocycles. The van der Waals surface area contributed by atoms with Gasteiger partial charge in [0, 0.05) is 10.4 Å². The van der Waals surface area contributed by atoms with Crippen molar-refractivity contribution in [3.05, 3.63) is 71.1 Å². The number of nitrogens with two attached hydrogens (primary N) is 1. The summed E-state index contributed by atoms with van der Waals surface area (Å²) in [5.41, 5.74) is 9.21. The van der Waals surface area contributed by atoms with E-state index in [1.165, 1.54) is 0 Å². The van der Waals surface area contributed by atoms with Crippen molar-refractivity contribution in [3.8, 4) is 10.4 Å². The Balaban J connectivity index is 1.59. The molecule has 0 saturated heterocycles. The van der Waals surface area contributed by atoms with Gasteiger partial charge in [-0.15, -0.1) is 11.3 Å². The van der Waals surface area contributed by atoms with Crippen LogP contribution in [0, 0.1) is 0 Å². The molecular weight excluding hydrogens is 433 g/mol. The molecule has 3 rings (SSSR count). The maximum atomic E-state index is 12.6. The Labute approximate surface area is 185 Å². The number of nitrogen functional groups attached to an aromatic ring is 1. The Morgan fingerprint density at radius 2 is 1.84 bits per heavy atom. The van der Waals surface area contributed by atoms with Crippen LogP contribution in [0.4, 0.5) is 16.2 Å². The summed E-state index contributed by atoms with van der Waals surface area (Å²) in [4.78, 5) is 25.4. The Morgan fingerprint density at radius 1 is 1.10 bits per heavy atom. The third kappa shape index (κ3) is 6.70. The van der Waals surface area contributed by atoms with Gasteiger partial charge in [-0.25, -0.2) is 4.79 Å². The lowest BCUT2D eigenvalue weighted by atomic mass is 10.1. The first-order valence-electron chi connectivity index (χ1n) is 9.49. The van der Waals surface area contributed by atoms with Gasteiger partial charge >= 0.3 is 6.09 Å². The van der Waals surface area contributed by atoms with Crippen LogP contribution < -0.4 is 16.4 Å². The molecule has 2 aromatic carbocycles. The molecule has 7 nitrogen and oxygen atoms in total. The highest BCUT2D eigenvalue weighted by molar-refractivity contribution is 7.62. The summed E-state index contributed by atoms with van der Waals surface area (Å²) >= 11 is 1.61. The lowest BCUT2D eigenvalue weighted by molar-refractivity contribution is 0.102. The molecule has 9 heteroatoms. The van der Waals surface area contributed by atoms with Crippen LogP contribution in [0.25, 0.3) is 10.4 Å². The van der Waals surface area contributed by atoms with Crippen LogP contribution in [0.5, 0.6) is 0 Å². The highest BCUT2D eigenvalue weighted by Gasteiger charge is 2.12. The number of hydrogen-bond acceptors (Lipinski definition) is 6.